The van der Waals surface area contributed by atoms with E-state index in [-0.39, 0.29) is 0 Å². The Labute approximate surface area is 137 Å². The molecular weight excluding hydrogens is 276 g/mol. The minimum atomic E-state index is 0.637. The first-order valence-corrected chi connectivity index (χ1v) is 9.46. The van der Waals surface area contributed by atoms with Gasteiger partial charge >= 0.3 is 0 Å². The lowest BCUT2D eigenvalue weighted by Gasteiger charge is -2.09. The molecule has 1 heteroatoms. The molecule has 120 valence electrons. The molecule has 1 aromatic carbocycles. The zero-order valence-corrected chi connectivity index (χ0v) is 14.9. The highest BCUT2D eigenvalue weighted by molar-refractivity contribution is 6.17. The lowest BCUT2D eigenvalue weighted by atomic mass is 9.98. The van der Waals surface area contributed by atoms with Crippen molar-refractivity contribution in [2.45, 2.75) is 90.4 Å². The van der Waals surface area contributed by atoms with Crippen LogP contribution in [0.15, 0.2) is 18.2 Å². The molecule has 0 heterocycles. The van der Waals surface area contributed by atoms with Crippen LogP contribution in [-0.4, -0.2) is 0 Å². The molecule has 0 aliphatic heterocycles. The maximum absolute atomic E-state index is 5.97. The van der Waals surface area contributed by atoms with Gasteiger partial charge in [0.15, 0.2) is 0 Å². The van der Waals surface area contributed by atoms with E-state index in [1.54, 1.807) is 0 Å². The van der Waals surface area contributed by atoms with Crippen molar-refractivity contribution in [2.75, 3.05) is 0 Å². The van der Waals surface area contributed by atoms with Crippen LogP contribution in [0.5, 0.6) is 0 Å². The predicted octanol–water partition coefficient (Wildman–Crippen LogP) is 7.20. The molecule has 0 radical (unpaired) electrons. The fourth-order valence-corrected chi connectivity index (χ4v) is 3.24. The van der Waals surface area contributed by atoms with Crippen LogP contribution in [-0.2, 0) is 12.3 Å². The second-order valence-electron chi connectivity index (χ2n) is 6.27. The fraction of sp³-hybridized carbons (Fsp3) is 0.700. The van der Waals surface area contributed by atoms with Gasteiger partial charge in [0.1, 0.15) is 0 Å². The molecule has 1 rings (SSSR count). The van der Waals surface area contributed by atoms with E-state index >= 15 is 0 Å². The molecule has 1 aromatic rings. The zero-order chi connectivity index (χ0) is 15.3. The summed E-state index contributed by atoms with van der Waals surface area (Å²) in [6.45, 7) is 4.49. The molecule has 0 spiro atoms. The third-order valence-electron chi connectivity index (χ3n) is 4.50. The minimum absolute atomic E-state index is 0.637. The summed E-state index contributed by atoms with van der Waals surface area (Å²) in [5, 5.41) is 0. The SMILES string of the molecule is CCCCCCCCCCCCc1cccc(CCl)c1C. The topological polar surface area (TPSA) is 0 Å². The zero-order valence-electron chi connectivity index (χ0n) is 14.1. The van der Waals surface area contributed by atoms with Gasteiger partial charge in [-0.15, -0.1) is 11.6 Å². The Morgan fingerprint density at radius 2 is 1.29 bits per heavy atom. The Morgan fingerprint density at radius 3 is 1.86 bits per heavy atom. The number of hydrogen-bond donors (Lipinski definition) is 0. The normalized spacial score (nSPS) is 11.0. The van der Waals surface area contributed by atoms with E-state index in [4.69, 9.17) is 11.6 Å². The molecule has 0 N–H and O–H groups in total. The summed E-state index contributed by atoms with van der Waals surface area (Å²) >= 11 is 5.97. The number of hydrogen-bond acceptors (Lipinski definition) is 0. The van der Waals surface area contributed by atoms with Gasteiger partial charge in [0, 0.05) is 5.88 Å². The van der Waals surface area contributed by atoms with E-state index in [0.29, 0.717) is 5.88 Å². The van der Waals surface area contributed by atoms with E-state index in [0.717, 1.165) is 0 Å². The van der Waals surface area contributed by atoms with Crippen LogP contribution in [0.4, 0.5) is 0 Å². The van der Waals surface area contributed by atoms with Crippen molar-refractivity contribution in [1.29, 1.82) is 0 Å². The van der Waals surface area contributed by atoms with Crippen molar-refractivity contribution in [3.63, 3.8) is 0 Å². The lowest BCUT2D eigenvalue weighted by molar-refractivity contribution is 0.556. The Morgan fingerprint density at radius 1 is 0.762 bits per heavy atom. The molecule has 0 atom stereocenters. The smallest absolute Gasteiger partial charge is 0.0476 e. The van der Waals surface area contributed by atoms with Crippen molar-refractivity contribution >= 4 is 11.6 Å². The number of rotatable bonds is 12. The van der Waals surface area contributed by atoms with Gasteiger partial charge in [-0.1, -0.05) is 82.9 Å². The van der Waals surface area contributed by atoms with E-state index in [1.165, 1.54) is 87.3 Å². The second-order valence-corrected chi connectivity index (χ2v) is 6.53. The highest BCUT2D eigenvalue weighted by Crippen LogP contribution is 2.18. The van der Waals surface area contributed by atoms with Crippen LogP contribution in [0.3, 0.4) is 0 Å². The summed E-state index contributed by atoms with van der Waals surface area (Å²) in [4.78, 5) is 0. The average Bonchev–Trinajstić information content (AvgIpc) is 2.50. The fourth-order valence-electron chi connectivity index (χ4n) is 2.96. The quantitative estimate of drug-likeness (QED) is 0.283. The first-order chi connectivity index (χ1) is 10.3. The Balaban J connectivity index is 2.04. The molecule has 0 fully saturated rings. The van der Waals surface area contributed by atoms with E-state index < -0.39 is 0 Å². The Hall–Kier alpha value is -0.490. The standard InChI is InChI=1S/C20H33Cl/c1-3-4-5-6-7-8-9-10-11-12-14-19-15-13-16-20(17-21)18(19)2/h13,15-16H,3-12,14,17H2,1-2H3. The van der Waals surface area contributed by atoms with E-state index in [1.807, 2.05) is 0 Å². The van der Waals surface area contributed by atoms with Crippen LogP contribution >= 0.6 is 11.6 Å². The summed E-state index contributed by atoms with van der Waals surface area (Å²) in [6.07, 6.45) is 15.3. The van der Waals surface area contributed by atoms with E-state index in [2.05, 4.69) is 32.0 Å². The summed E-state index contributed by atoms with van der Waals surface area (Å²) in [5.41, 5.74) is 4.19. The molecule has 21 heavy (non-hydrogen) atoms. The van der Waals surface area contributed by atoms with Gasteiger partial charge in [-0.3, -0.25) is 0 Å². The molecular formula is C20H33Cl. The van der Waals surface area contributed by atoms with Crippen molar-refractivity contribution < 1.29 is 0 Å². The van der Waals surface area contributed by atoms with Crippen LogP contribution in [0.1, 0.15) is 87.8 Å². The van der Waals surface area contributed by atoms with Crippen molar-refractivity contribution in [1.82, 2.24) is 0 Å². The Kier molecular flexibility index (Phi) is 10.7. The molecule has 0 aliphatic carbocycles. The second kappa shape index (κ2) is 12.1. The van der Waals surface area contributed by atoms with Crippen molar-refractivity contribution in [3.05, 3.63) is 34.9 Å². The molecule has 0 unspecified atom stereocenters. The van der Waals surface area contributed by atoms with Crippen molar-refractivity contribution in [2.24, 2.45) is 0 Å². The van der Waals surface area contributed by atoms with Gasteiger partial charge < -0.3 is 0 Å². The van der Waals surface area contributed by atoms with Gasteiger partial charge in [-0.2, -0.15) is 0 Å². The molecule has 0 saturated heterocycles. The largest absolute Gasteiger partial charge is 0.122 e. The number of unbranched alkanes of at least 4 members (excludes halogenated alkanes) is 9. The molecule has 0 aromatic heterocycles. The summed E-state index contributed by atoms with van der Waals surface area (Å²) in [5.74, 6) is 0.637. The number of aryl methyl sites for hydroxylation is 1. The third kappa shape index (κ3) is 7.90. The first-order valence-electron chi connectivity index (χ1n) is 8.93. The monoisotopic (exact) mass is 308 g/mol. The maximum atomic E-state index is 5.97. The van der Waals surface area contributed by atoms with Crippen LogP contribution < -0.4 is 0 Å². The predicted molar refractivity (Wildman–Crippen MR) is 96.3 cm³/mol. The number of halogens is 1. The van der Waals surface area contributed by atoms with Gasteiger partial charge in [-0.25, -0.2) is 0 Å². The summed E-state index contributed by atoms with van der Waals surface area (Å²) in [7, 11) is 0. The average molecular weight is 309 g/mol. The Bertz CT molecular complexity index is 370. The lowest BCUT2D eigenvalue weighted by Crippen LogP contribution is -1.94. The van der Waals surface area contributed by atoms with Crippen LogP contribution in [0.2, 0.25) is 0 Å². The molecule has 0 nitrogen and oxygen atoms in total. The van der Waals surface area contributed by atoms with Crippen molar-refractivity contribution in [3.8, 4) is 0 Å². The van der Waals surface area contributed by atoms with Gasteiger partial charge in [0.05, 0.1) is 0 Å². The highest BCUT2D eigenvalue weighted by Gasteiger charge is 2.02. The third-order valence-corrected chi connectivity index (χ3v) is 4.79. The van der Waals surface area contributed by atoms with E-state index in [9.17, 15) is 0 Å². The molecule has 0 saturated carbocycles. The number of benzene rings is 1. The molecule has 0 aliphatic rings. The van der Waals surface area contributed by atoms with Gasteiger partial charge in [0.25, 0.3) is 0 Å². The summed E-state index contributed by atoms with van der Waals surface area (Å²) < 4.78 is 0. The van der Waals surface area contributed by atoms with Gasteiger partial charge in [0.2, 0.25) is 0 Å². The van der Waals surface area contributed by atoms with Crippen LogP contribution in [0, 0.1) is 6.92 Å². The van der Waals surface area contributed by atoms with Crippen LogP contribution in [0.25, 0.3) is 0 Å². The van der Waals surface area contributed by atoms with Gasteiger partial charge in [-0.05, 0) is 36.5 Å². The number of alkyl halides is 1. The maximum Gasteiger partial charge on any atom is 0.0476 e. The first kappa shape index (κ1) is 18.6. The summed E-state index contributed by atoms with van der Waals surface area (Å²) in [6, 6.07) is 6.56. The highest BCUT2D eigenvalue weighted by atomic mass is 35.5. The minimum Gasteiger partial charge on any atom is -0.122 e. The molecule has 0 amide bonds. The molecule has 0 bridgehead atoms.